The third-order valence-corrected chi connectivity index (χ3v) is 2.17. The normalized spacial score (nSPS) is 9.93. The first-order chi connectivity index (χ1) is 7.27. The minimum Gasteiger partial charge on any atom is -0.452 e. The van der Waals surface area contributed by atoms with E-state index in [1.807, 2.05) is 12.1 Å². The van der Waals surface area contributed by atoms with Crippen molar-refractivity contribution in [1.82, 2.24) is 4.98 Å². The van der Waals surface area contributed by atoms with Crippen molar-refractivity contribution < 1.29 is 4.74 Å². The van der Waals surface area contributed by atoms with Crippen LogP contribution in [0.1, 0.15) is 0 Å². The standard InChI is InChI=1S/C11H9ClN2O/c12-8-4-1-2-5-9(8)15-10-6-3-7-14-11(10)13/h1-7H,(H2,13,14). The Bertz CT molecular complexity index is 430. The number of hydrogen-bond acceptors (Lipinski definition) is 3. The molecule has 2 N–H and O–H groups in total. The van der Waals surface area contributed by atoms with Gasteiger partial charge in [-0.25, -0.2) is 4.98 Å². The van der Waals surface area contributed by atoms with Crippen LogP contribution in [0.25, 0.3) is 0 Å². The molecule has 76 valence electrons. The van der Waals surface area contributed by atoms with Gasteiger partial charge >= 0.3 is 0 Å². The minimum absolute atomic E-state index is 0.345. The second kappa shape index (κ2) is 4.19. The average molecular weight is 221 g/mol. The van der Waals surface area contributed by atoms with Gasteiger partial charge in [-0.05, 0) is 24.3 Å². The van der Waals surface area contributed by atoms with Gasteiger partial charge < -0.3 is 10.5 Å². The lowest BCUT2D eigenvalue weighted by Crippen LogP contribution is -1.94. The van der Waals surface area contributed by atoms with E-state index in [9.17, 15) is 0 Å². The van der Waals surface area contributed by atoms with Crippen molar-refractivity contribution in [2.75, 3.05) is 5.73 Å². The molecule has 1 aromatic heterocycles. The first-order valence-corrected chi connectivity index (χ1v) is 4.78. The van der Waals surface area contributed by atoms with E-state index >= 15 is 0 Å². The average Bonchev–Trinajstić information content (AvgIpc) is 2.24. The van der Waals surface area contributed by atoms with Crippen molar-refractivity contribution in [3.8, 4) is 11.5 Å². The van der Waals surface area contributed by atoms with Crippen LogP contribution in [0.5, 0.6) is 11.5 Å². The Morgan fingerprint density at radius 3 is 2.53 bits per heavy atom. The van der Waals surface area contributed by atoms with E-state index in [0.717, 1.165) is 0 Å². The number of hydrogen-bond donors (Lipinski definition) is 1. The highest BCUT2D eigenvalue weighted by Crippen LogP contribution is 2.30. The van der Waals surface area contributed by atoms with Crippen LogP contribution < -0.4 is 10.5 Å². The predicted octanol–water partition coefficient (Wildman–Crippen LogP) is 3.11. The molecular weight excluding hydrogens is 212 g/mol. The number of ether oxygens (including phenoxy) is 1. The van der Waals surface area contributed by atoms with Crippen LogP contribution in [-0.2, 0) is 0 Å². The summed E-state index contributed by atoms with van der Waals surface area (Å²) in [4.78, 5) is 3.91. The van der Waals surface area contributed by atoms with Gasteiger partial charge in [0.25, 0.3) is 0 Å². The van der Waals surface area contributed by atoms with Gasteiger partial charge in [0.2, 0.25) is 0 Å². The highest BCUT2D eigenvalue weighted by Gasteiger charge is 2.04. The van der Waals surface area contributed by atoms with Gasteiger partial charge in [-0.15, -0.1) is 0 Å². The number of halogens is 1. The Hall–Kier alpha value is -1.74. The third-order valence-electron chi connectivity index (χ3n) is 1.86. The number of nitrogens with two attached hydrogens (primary N) is 1. The summed E-state index contributed by atoms with van der Waals surface area (Å²) in [7, 11) is 0. The van der Waals surface area contributed by atoms with E-state index in [1.54, 1.807) is 30.5 Å². The smallest absolute Gasteiger partial charge is 0.169 e. The molecular formula is C11H9ClN2O. The van der Waals surface area contributed by atoms with Crippen molar-refractivity contribution in [1.29, 1.82) is 0 Å². The highest BCUT2D eigenvalue weighted by molar-refractivity contribution is 6.32. The Morgan fingerprint density at radius 2 is 1.80 bits per heavy atom. The number of nitrogens with zero attached hydrogens (tertiary/aromatic N) is 1. The molecule has 0 fully saturated rings. The molecule has 0 amide bonds. The Balaban J connectivity index is 2.30. The maximum atomic E-state index is 5.94. The van der Waals surface area contributed by atoms with Crippen LogP contribution in [0.2, 0.25) is 5.02 Å². The molecule has 0 spiro atoms. The van der Waals surface area contributed by atoms with Crippen molar-refractivity contribution in [3.63, 3.8) is 0 Å². The summed E-state index contributed by atoms with van der Waals surface area (Å²) in [5.41, 5.74) is 5.64. The summed E-state index contributed by atoms with van der Waals surface area (Å²) in [6.07, 6.45) is 1.61. The molecule has 0 aliphatic rings. The number of aromatic nitrogens is 1. The minimum atomic E-state index is 0.345. The summed E-state index contributed by atoms with van der Waals surface area (Å²) >= 11 is 5.94. The molecule has 2 rings (SSSR count). The number of nitrogen functional groups attached to an aromatic ring is 1. The fourth-order valence-electron chi connectivity index (χ4n) is 1.14. The molecule has 2 aromatic rings. The van der Waals surface area contributed by atoms with Crippen molar-refractivity contribution in [2.45, 2.75) is 0 Å². The van der Waals surface area contributed by atoms with Gasteiger partial charge in [-0.2, -0.15) is 0 Å². The topological polar surface area (TPSA) is 48.1 Å². The molecule has 0 atom stereocenters. The molecule has 1 aromatic carbocycles. The molecule has 0 saturated carbocycles. The van der Waals surface area contributed by atoms with Gasteiger partial charge in [0.1, 0.15) is 5.75 Å². The molecule has 15 heavy (non-hydrogen) atoms. The van der Waals surface area contributed by atoms with Gasteiger partial charge in [-0.1, -0.05) is 23.7 Å². The molecule has 0 unspecified atom stereocenters. The SMILES string of the molecule is Nc1ncccc1Oc1ccccc1Cl. The van der Waals surface area contributed by atoms with Crippen LogP contribution in [0, 0.1) is 0 Å². The van der Waals surface area contributed by atoms with Crippen LogP contribution in [-0.4, -0.2) is 4.98 Å². The second-order valence-electron chi connectivity index (χ2n) is 2.92. The molecule has 0 bridgehead atoms. The zero-order valence-electron chi connectivity index (χ0n) is 7.85. The Morgan fingerprint density at radius 1 is 1.07 bits per heavy atom. The fourth-order valence-corrected chi connectivity index (χ4v) is 1.31. The summed E-state index contributed by atoms with van der Waals surface area (Å²) in [5, 5.41) is 0.542. The summed E-state index contributed by atoms with van der Waals surface area (Å²) in [6, 6.07) is 10.7. The first-order valence-electron chi connectivity index (χ1n) is 4.40. The van der Waals surface area contributed by atoms with Crippen molar-refractivity contribution in [3.05, 3.63) is 47.6 Å². The summed E-state index contributed by atoms with van der Waals surface area (Å²) < 4.78 is 5.52. The van der Waals surface area contributed by atoms with Gasteiger partial charge in [0, 0.05) is 6.20 Å². The van der Waals surface area contributed by atoms with Gasteiger partial charge in [0.15, 0.2) is 11.6 Å². The van der Waals surface area contributed by atoms with E-state index in [4.69, 9.17) is 22.1 Å². The van der Waals surface area contributed by atoms with Crippen LogP contribution in [0.15, 0.2) is 42.6 Å². The van der Waals surface area contributed by atoms with E-state index in [2.05, 4.69) is 4.98 Å². The summed E-state index contributed by atoms with van der Waals surface area (Å²) in [5.74, 6) is 1.42. The molecule has 0 aliphatic carbocycles. The number of pyridine rings is 1. The summed E-state index contributed by atoms with van der Waals surface area (Å²) in [6.45, 7) is 0. The molecule has 3 nitrogen and oxygen atoms in total. The zero-order valence-corrected chi connectivity index (χ0v) is 8.61. The number of para-hydroxylation sites is 1. The van der Waals surface area contributed by atoms with Crippen molar-refractivity contribution in [2.24, 2.45) is 0 Å². The third kappa shape index (κ3) is 2.19. The van der Waals surface area contributed by atoms with Crippen LogP contribution in [0.3, 0.4) is 0 Å². The van der Waals surface area contributed by atoms with Crippen LogP contribution in [0.4, 0.5) is 5.82 Å². The van der Waals surface area contributed by atoms with Crippen LogP contribution >= 0.6 is 11.6 Å². The van der Waals surface area contributed by atoms with Crippen molar-refractivity contribution >= 4 is 17.4 Å². The second-order valence-corrected chi connectivity index (χ2v) is 3.33. The van der Waals surface area contributed by atoms with E-state index in [0.29, 0.717) is 22.3 Å². The van der Waals surface area contributed by atoms with E-state index < -0.39 is 0 Å². The van der Waals surface area contributed by atoms with Gasteiger partial charge in [0.05, 0.1) is 5.02 Å². The first kappa shape index (κ1) is 9.80. The zero-order chi connectivity index (χ0) is 10.7. The Labute approximate surface area is 92.5 Å². The number of anilines is 1. The maximum absolute atomic E-state index is 5.94. The molecule has 4 heteroatoms. The highest BCUT2D eigenvalue weighted by atomic mass is 35.5. The lowest BCUT2D eigenvalue weighted by molar-refractivity contribution is 0.483. The van der Waals surface area contributed by atoms with E-state index in [1.165, 1.54) is 0 Å². The molecule has 0 aliphatic heterocycles. The number of benzene rings is 1. The predicted molar refractivity (Wildman–Crippen MR) is 60.2 cm³/mol. The number of rotatable bonds is 2. The molecule has 1 heterocycles. The van der Waals surface area contributed by atoms with Gasteiger partial charge in [-0.3, -0.25) is 0 Å². The maximum Gasteiger partial charge on any atom is 0.169 e. The molecule has 0 saturated heterocycles. The largest absolute Gasteiger partial charge is 0.452 e. The lowest BCUT2D eigenvalue weighted by atomic mass is 10.3. The molecule has 0 radical (unpaired) electrons. The Kier molecular flexibility index (Phi) is 2.74. The fraction of sp³-hybridized carbons (Fsp3) is 0. The van der Waals surface area contributed by atoms with E-state index in [-0.39, 0.29) is 0 Å². The lowest BCUT2D eigenvalue weighted by Gasteiger charge is -2.08. The quantitative estimate of drug-likeness (QED) is 0.846. The monoisotopic (exact) mass is 220 g/mol.